The predicted octanol–water partition coefficient (Wildman–Crippen LogP) is 0.182. The van der Waals surface area contributed by atoms with E-state index in [1.165, 1.54) is 6.33 Å². The van der Waals surface area contributed by atoms with Gasteiger partial charge in [-0.15, -0.1) is 0 Å². The zero-order valence-electron chi connectivity index (χ0n) is 13.6. The van der Waals surface area contributed by atoms with Crippen LogP contribution < -0.4 is 14.4 Å². The van der Waals surface area contributed by atoms with Crippen molar-refractivity contribution in [2.24, 2.45) is 0 Å². The van der Waals surface area contributed by atoms with Crippen molar-refractivity contribution in [2.75, 3.05) is 30.9 Å². The zero-order chi connectivity index (χ0) is 17.2. The molecule has 1 N–H and O–H groups in total. The van der Waals surface area contributed by atoms with Crippen molar-refractivity contribution in [2.45, 2.75) is 19.5 Å². The third-order valence-corrected chi connectivity index (χ3v) is 5.37. The van der Waals surface area contributed by atoms with Gasteiger partial charge in [0.15, 0.2) is 0 Å². The van der Waals surface area contributed by atoms with Crippen LogP contribution in [-0.2, 0) is 16.6 Å². The quantitative estimate of drug-likeness (QED) is 0.791. The Kier molecular flexibility index (Phi) is 4.67. The number of sulfonamides is 1. The summed E-state index contributed by atoms with van der Waals surface area (Å²) in [5.74, 6) is 1.28. The van der Waals surface area contributed by atoms with E-state index < -0.39 is 10.0 Å². The molecule has 10 heteroatoms. The number of fused-ring (bicyclic) bond motifs is 1. The van der Waals surface area contributed by atoms with Crippen molar-refractivity contribution in [3.8, 4) is 5.88 Å². The van der Waals surface area contributed by atoms with E-state index in [1.54, 1.807) is 32.6 Å². The molecule has 130 valence electrons. The van der Waals surface area contributed by atoms with Crippen LogP contribution in [0.2, 0.25) is 0 Å². The van der Waals surface area contributed by atoms with Crippen molar-refractivity contribution < 1.29 is 13.2 Å². The number of hydrogen-bond acceptors (Lipinski definition) is 7. The van der Waals surface area contributed by atoms with Crippen LogP contribution in [0, 0.1) is 0 Å². The van der Waals surface area contributed by atoms with Gasteiger partial charge in [0.2, 0.25) is 15.9 Å². The minimum Gasteiger partial charge on any atom is -0.481 e. The van der Waals surface area contributed by atoms with Crippen molar-refractivity contribution in [1.29, 1.82) is 0 Å². The topological polar surface area (TPSA) is 102 Å². The number of anilines is 1. The number of imidazole rings is 1. The van der Waals surface area contributed by atoms with Gasteiger partial charge in [0.05, 0.1) is 37.5 Å². The second kappa shape index (κ2) is 6.73. The molecule has 0 radical (unpaired) electrons. The van der Waals surface area contributed by atoms with Gasteiger partial charge < -0.3 is 14.2 Å². The van der Waals surface area contributed by atoms with Crippen molar-refractivity contribution in [3.63, 3.8) is 0 Å². The fourth-order valence-electron chi connectivity index (χ4n) is 2.66. The van der Waals surface area contributed by atoms with Crippen LogP contribution >= 0.6 is 0 Å². The number of aromatic nitrogens is 4. The lowest BCUT2D eigenvalue weighted by Gasteiger charge is -2.35. The lowest BCUT2D eigenvalue weighted by molar-refractivity contribution is 0.395. The molecule has 2 aromatic heterocycles. The molecule has 0 aromatic carbocycles. The molecule has 2 aromatic rings. The Morgan fingerprint density at radius 1 is 1.42 bits per heavy atom. The minimum absolute atomic E-state index is 0.0589. The summed E-state index contributed by atoms with van der Waals surface area (Å²) in [4.78, 5) is 14.6. The highest BCUT2D eigenvalue weighted by atomic mass is 32.2. The van der Waals surface area contributed by atoms with E-state index in [2.05, 4.69) is 24.6 Å². The smallest absolute Gasteiger partial charge is 0.218 e. The highest BCUT2D eigenvalue weighted by Crippen LogP contribution is 2.26. The van der Waals surface area contributed by atoms with Gasteiger partial charge in [-0.05, 0) is 6.92 Å². The number of methoxy groups -OCH3 is 1. The molecule has 1 aliphatic rings. The number of ether oxygens (including phenoxy) is 1. The molecule has 1 aliphatic heterocycles. The molecule has 0 aliphatic carbocycles. The monoisotopic (exact) mass is 352 g/mol. The SMILES string of the molecule is CCS(=O)(=O)NC[C@@H]1CN(c2cc(OC)ncn2)Cc2cncn21. The molecule has 0 saturated heterocycles. The molecule has 1 atom stereocenters. The van der Waals surface area contributed by atoms with E-state index in [1.807, 2.05) is 4.57 Å². The molecule has 0 unspecified atom stereocenters. The molecule has 0 saturated carbocycles. The van der Waals surface area contributed by atoms with Crippen molar-refractivity contribution >= 4 is 15.8 Å². The molecule has 3 rings (SSSR count). The largest absolute Gasteiger partial charge is 0.481 e. The number of rotatable bonds is 6. The van der Waals surface area contributed by atoms with Gasteiger partial charge in [-0.1, -0.05) is 0 Å². The summed E-state index contributed by atoms with van der Waals surface area (Å²) in [6.07, 6.45) is 4.97. The molecule has 24 heavy (non-hydrogen) atoms. The van der Waals surface area contributed by atoms with Gasteiger partial charge in [0.1, 0.15) is 12.1 Å². The Balaban J connectivity index is 1.82. The molecular formula is C14H20N6O3S. The predicted molar refractivity (Wildman–Crippen MR) is 88.4 cm³/mol. The van der Waals surface area contributed by atoms with E-state index >= 15 is 0 Å². The van der Waals surface area contributed by atoms with Crippen LogP contribution in [0.5, 0.6) is 5.88 Å². The van der Waals surface area contributed by atoms with Crippen LogP contribution in [-0.4, -0.2) is 53.9 Å². The second-order valence-electron chi connectivity index (χ2n) is 5.50. The molecule has 9 nitrogen and oxygen atoms in total. The first-order valence-corrected chi connectivity index (χ1v) is 9.26. The van der Waals surface area contributed by atoms with E-state index in [4.69, 9.17) is 4.74 Å². The van der Waals surface area contributed by atoms with Crippen molar-refractivity contribution in [3.05, 3.63) is 30.6 Å². The summed E-state index contributed by atoms with van der Waals surface area (Å²) >= 11 is 0. The van der Waals surface area contributed by atoms with Crippen LogP contribution in [0.1, 0.15) is 18.7 Å². The van der Waals surface area contributed by atoms with Crippen LogP contribution in [0.15, 0.2) is 24.9 Å². The van der Waals surface area contributed by atoms with Gasteiger partial charge in [0, 0.05) is 25.4 Å². The molecular weight excluding hydrogens is 332 g/mol. The Bertz CT molecular complexity index is 806. The summed E-state index contributed by atoms with van der Waals surface area (Å²) < 4.78 is 33.3. The van der Waals surface area contributed by atoms with Gasteiger partial charge in [-0.25, -0.2) is 28.1 Å². The highest BCUT2D eigenvalue weighted by Gasteiger charge is 2.27. The third kappa shape index (κ3) is 3.49. The van der Waals surface area contributed by atoms with E-state index in [0.29, 0.717) is 25.5 Å². The van der Waals surface area contributed by atoms with E-state index in [-0.39, 0.29) is 11.8 Å². The Hall–Kier alpha value is -2.20. The number of hydrogen-bond donors (Lipinski definition) is 1. The average Bonchev–Trinajstić information content (AvgIpc) is 3.08. The molecule has 3 heterocycles. The fraction of sp³-hybridized carbons (Fsp3) is 0.500. The molecule has 0 spiro atoms. The van der Waals surface area contributed by atoms with Crippen LogP contribution in [0.4, 0.5) is 5.82 Å². The summed E-state index contributed by atoms with van der Waals surface area (Å²) in [7, 11) is -1.69. The first-order chi connectivity index (χ1) is 11.5. The van der Waals surface area contributed by atoms with Crippen LogP contribution in [0.3, 0.4) is 0 Å². The van der Waals surface area contributed by atoms with Gasteiger partial charge in [-0.2, -0.15) is 0 Å². The normalized spacial score (nSPS) is 17.6. The Morgan fingerprint density at radius 3 is 3.00 bits per heavy atom. The Labute approximate surface area is 140 Å². The summed E-state index contributed by atoms with van der Waals surface area (Å²) in [5, 5.41) is 0. The third-order valence-electron chi connectivity index (χ3n) is 4.00. The van der Waals surface area contributed by atoms with E-state index in [9.17, 15) is 8.42 Å². The van der Waals surface area contributed by atoms with Crippen LogP contribution in [0.25, 0.3) is 0 Å². The Morgan fingerprint density at radius 2 is 2.25 bits per heavy atom. The first-order valence-electron chi connectivity index (χ1n) is 7.61. The summed E-state index contributed by atoms with van der Waals surface area (Å²) in [5.41, 5.74) is 1.000. The van der Waals surface area contributed by atoms with Crippen molar-refractivity contribution in [1.82, 2.24) is 24.2 Å². The number of nitrogens with zero attached hydrogens (tertiary/aromatic N) is 5. The molecule has 0 bridgehead atoms. The second-order valence-corrected chi connectivity index (χ2v) is 7.59. The van der Waals surface area contributed by atoms with Gasteiger partial charge in [0.25, 0.3) is 0 Å². The van der Waals surface area contributed by atoms with Gasteiger partial charge in [-0.3, -0.25) is 0 Å². The molecule has 0 amide bonds. The maximum atomic E-state index is 11.7. The first kappa shape index (κ1) is 16.7. The average molecular weight is 352 g/mol. The lowest BCUT2D eigenvalue weighted by atomic mass is 10.2. The zero-order valence-corrected chi connectivity index (χ0v) is 14.4. The van der Waals surface area contributed by atoms with E-state index in [0.717, 1.165) is 11.5 Å². The fourth-order valence-corrected chi connectivity index (χ4v) is 3.31. The summed E-state index contributed by atoms with van der Waals surface area (Å²) in [6.45, 7) is 3.16. The lowest BCUT2D eigenvalue weighted by Crippen LogP contribution is -2.43. The highest BCUT2D eigenvalue weighted by molar-refractivity contribution is 7.89. The standard InChI is InChI=1S/C14H20N6O3S/c1-3-24(21,22)18-6-12-8-19(7-11-5-15-10-20(11)12)13-4-14(23-2)17-9-16-13/h4-5,9-10,12,18H,3,6-8H2,1-2H3/t12-/m1/s1. The minimum atomic E-state index is -3.25. The molecule has 0 fully saturated rings. The maximum Gasteiger partial charge on any atom is 0.218 e. The summed E-state index contributed by atoms with van der Waals surface area (Å²) in [6, 6.07) is 1.69. The maximum absolute atomic E-state index is 11.7. The van der Waals surface area contributed by atoms with Gasteiger partial charge >= 0.3 is 0 Å². The number of nitrogens with one attached hydrogen (secondary N) is 1.